The zero-order valence-corrected chi connectivity index (χ0v) is 16.4. The van der Waals surface area contributed by atoms with E-state index in [1.54, 1.807) is 31.2 Å². The molecule has 0 unspecified atom stereocenters. The molecule has 1 aliphatic heterocycles. The van der Waals surface area contributed by atoms with Crippen LogP contribution in [0.4, 0.5) is 11.4 Å². The maximum atomic E-state index is 12.4. The Bertz CT molecular complexity index is 1120. The highest BCUT2D eigenvalue weighted by molar-refractivity contribution is 6.31. The summed E-state index contributed by atoms with van der Waals surface area (Å²) in [5.74, 6) is 0.711. The minimum absolute atomic E-state index is 0.0767. The van der Waals surface area contributed by atoms with E-state index >= 15 is 0 Å². The number of aromatic nitrogens is 1. The van der Waals surface area contributed by atoms with Crippen LogP contribution in [0.5, 0.6) is 5.75 Å². The molecule has 4 rings (SSSR count). The largest absolute Gasteiger partial charge is 0.494 e. The summed E-state index contributed by atoms with van der Waals surface area (Å²) in [6.07, 6.45) is 1.14. The number of amides is 1. The third kappa shape index (κ3) is 3.31. The molecular weight excluding hydrogens is 378 g/mol. The fourth-order valence-electron chi connectivity index (χ4n) is 3.58. The highest BCUT2D eigenvalue weighted by Crippen LogP contribution is 2.38. The number of hydrogen-bond acceptors (Lipinski definition) is 4. The lowest BCUT2D eigenvalue weighted by atomic mass is 10.00. The number of fused-ring (bicyclic) bond motifs is 2. The van der Waals surface area contributed by atoms with Gasteiger partial charge in [0.1, 0.15) is 5.75 Å². The number of hydrogen-bond donors (Lipinski definition) is 2. The van der Waals surface area contributed by atoms with Gasteiger partial charge in [0.05, 0.1) is 12.8 Å². The number of carbonyl (C=O) groups excluding carboxylic acids is 1. The lowest BCUT2D eigenvalue weighted by Crippen LogP contribution is -2.31. The zero-order chi connectivity index (χ0) is 19.8. The van der Waals surface area contributed by atoms with E-state index in [9.17, 15) is 9.59 Å². The van der Waals surface area contributed by atoms with E-state index < -0.39 is 0 Å². The summed E-state index contributed by atoms with van der Waals surface area (Å²) in [4.78, 5) is 28.9. The molecule has 0 bridgehead atoms. The highest BCUT2D eigenvalue weighted by Gasteiger charge is 2.25. The van der Waals surface area contributed by atoms with Crippen molar-refractivity contribution < 1.29 is 9.53 Å². The van der Waals surface area contributed by atoms with E-state index in [0.717, 1.165) is 27.8 Å². The number of halogens is 1. The third-order valence-electron chi connectivity index (χ3n) is 5.06. The van der Waals surface area contributed by atoms with Crippen molar-refractivity contribution in [3.8, 4) is 5.75 Å². The summed E-state index contributed by atoms with van der Waals surface area (Å²) in [5, 5.41) is 4.80. The van der Waals surface area contributed by atoms with Crippen LogP contribution < -0.4 is 20.5 Å². The van der Waals surface area contributed by atoms with Crippen molar-refractivity contribution >= 4 is 39.8 Å². The second kappa shape index (κ2) is 7.20. The maximum absolute atomic E-state index is 12.4. The molecule has 144 valence electrons. The monoisotopic (exact) mass is 397 g/mol. The Morgan fingerprint density at radius 2 is 2.00 bits per heavy atom. The molecule has 7 heteroatoms. The van der Waals surface area contributed by atoms with Gasteiger partial charge in [-0.1, -0.05) is 11.6 Å². The average molecular weight is 398 g/mol. The van der Waals surface area contributed by atoms with Gasteiger partial charge in [-0.2, -0.15) is 0 Å². The second-order valence-corrected chi connectivity index (χ2v) is 7.28. The number of H-pyrrole nitrogens is 1. The molecule has 0 aliphatic carbocycles. The van der Waals surface area contributed by atoms with Gasteiger partial charge >= 0.3 is 0 Å². The Balaban J connectivity index is 1.64. The van der Waals surface area contributed by atoms with Crippen LogP contribution in [0.3, 0.4) is 0 Å². The van der Waals surface area contributed by atoms with Gasteiger partial charge in [0, 0.05) is 53.3 Å². The van der Waals surface area contributed by atoms with Crippen molar-refractivity contribution in [2.45, 2.75) is 19.4 Å². The lowest BCUT2D eigenvalue weighted by molar-refractivity contribution is -0.118. The smallest absolute Gasteiger partial charge is 0.253 e. The van der Waals surface area contributed by atoms with Crippen molar-refractivity contribution in [3.63, 3.8) is 0 Å². The summed E-state index contributed by atoms with van der Waals surface area (Å²) in [6.45, 7) is 0.356. The van der Waals surface area contributed by atoms with Crippen LogP contribution in [0.15, 0.2) is 41.2 Å². The molecule has 6 nitrogen and oxygen atoms in total. The molecule has 2 aromatic carbocycles. The summed E-state index contributed by atoms with van der Waals surface area (Å²) >= 11 is 6.06. The molecule has 0 spiro atoms. The fourth-order valence-corrected chi connectivity index (χ4v) is 3.76. The van der Waals surface area contributed by atoms with Crippen LogP contribution in [0, 0.1) is 0 Å². The quantitative estimate of drug-likeness (QED) is 0.703. The van der Waals surface area contributed by atoms with E-state index in [1.165, 1.54) is 0 Å². The normalized spacial score (nSPS) is 13.5. The van der Waals surface area contributed by atoms with E-state index in [0.29, 0.717) is 35.7 Å². The SMILES string of the molecule is COc1cc(NCc2cc3cc(Cl)ccc3[nH]c2=O)cc2c1N(C)C(=O)CC2. The van der Waals surface area contributed by atoms with E-state index in [1.807, 2.05) is 24.3 Å². The van der Waals surface area contributed by atoms with E-state index in [4.69, 9.17) is 16.3 Å². The van der Waals surface area contributed by atoms with Gasteiger partial charge in [-0.25, -0.2) is 0 Å². The van der Waals surface area contributed by atoms with Crippen molar-refractivity contribution in [2.24, 2.45) is 0 Å². The molecule has 0 radical (unpaired) electrons. The number of methoxy groups -OCH3 is 1. The first-order chi connectivity index (χ1) is 13.5. The first kappa shape index (κ1) is 18.4. The van der Waals surface area contributed by atoms with Crippen molar-refractivity contribution in [2.75, 3.05) is 24.4 Å². The number of nitrogens with one attached hydrogen (secondary N) is 2. The van der Waals surface area contributed by atoms with Crippen molar-refractivity contribution in [1.29, 1.82) is 0 Å². The molecule has 2 heterocycles. The molecule has 1 amide bonds. The first-order valence-corrected chi connectivity index (χ1v) is 9.37. The topological polar surface area (TPSA) is 74.4 Å². The average Bonchev–Trinajstić information content (AvgIpc) is 2.69. The number of aryl methyl sites for hydroxylation is 1. The minimum atomic E-state index is -0.141. The number of pyridine rings is 1. The number of benzene rings is 2. The Kier molecular flexibility index (Phi) is 4.73. The standard InChI is InChI=1S/C21H20ClN3O3/c1-25-19(26)6-3-12-9-16(10-18(28-2)20(12)25)23-11-14-7-13-8-15(22)4-5-17(13)24-21(14)27/h4-5,7-10,23H,3,6,11H2,1-2H3,(H,24,27). The fraction of sp³-hybridized carbons (Fsp3) is 0.238. The molecule has 1 aliphatic rings. The molecule has 1 aromatic heterocycles. The van der Waals surface area contributed by atoms with Crippen molar-refractivity contribution in [1.82, 2.24) is 4.98 Å². The molecule has 0 saturated carbocycles. The number of anilines is 2. The Hall–Kier alpha value is -2.99. The Labute approximate surface area is 167 Å². The highest BCUT2D eigenvalue weighted by atomic mass is 35.5. The van der Waals surface area contributed by atoms with Crippen LogP contribution in [0.2, 0.25) is 5.02 Å². The number of aromatic amines is 1. The molecule has 28 heavy (non-hydrogen) atoms. The molecule has 2 N–H and O–H groups in total. The van der Waals surface area contributed by atoms with Gasteiger partial charge in [-0.3, -0.25) is 9.59 Å². The molecular formula is C21H20ClN3O3. The number of carbonyl (C=O) groups is 1. The maximum Gasteiger partial charge on any atom is 0.253 e. The van der Waals surface area contributed by atoms with Crippen LogP contribution in [-0.2, 0) is 17.8 Å². The molecule has 3 aromatic rings. The lowest BCUT2D eigenvalue weighted by Gasteiger charge is -2.28. The third-order valence-corrected chi connectivity index (χ3v) is 5.29. The first-order valence-electron chi connectivity index (χ1n) is 8.99. The number of rotatable bonds is 4. The van der Waals surface area contributed by atoms with Crippen LogP contribution in [0.25, 0.3) is 10.9 Å². The predicted octanol–water partition coefficient (Wildman–Crippen LogP) is 3.71. The minimum Gasteiger partial charge on any atom is -0.494 e. The van der Waals surface area contributed by atoms with E-state index in [2.05, 4.69) is 10.3 Å². The van der Waals surface area contributed by atoms with Gasteiger partial charge < -0.3 is 19.9 Å². The summed E-state index contributed by atoms with van der Waals surface area (Å²) in [5.41, 5.74) is 3.91. The zero-order valence-electron chi connectivity index (χ0n) is 15.6. The van der Waals surface area contributed by atoms with Crippen LogP contribution in [-0.4, -0.2) is 25.0 Å². The molecule has 0 saturated heterocycles. The van der Waals surface area contributed by atoms with E-state index in [-0.39, 0.29) is 11.5 Å². The summed E-state index contributed by atoms with van der Waals surface area (Å²) in [7, 11) is 3.35. The van der Waals surface area contributed by atoms with Gasteiger partial charge in [-0.05, 0) is 42.3 Å². The Morgan fingerprint density at radius 3 is 2.79 bits per heavy atom. The molecule has 0 fully saturated rings. The Morgan fingerprint density at radius 1 is 1.18 bits per heavy atom. The van der Waals surface area contributed by atoms with Gasteiger partial charge in [0.15, 0.2) is 0 Å². The van der Waals surface area contributed by atoms with Crippen LogP contribution in [0.1, 0.15) is 17.5 Å². The number of nitrogens with zero attached hydrogens (tertiary/aromatic N) is 1. The van der Waals surface area contributed by atoms with Crippen LogP contribution >= 0.6 is 11.6 Å². The molecule has 0 atom stereocenters. The predicted molar refractivity (Wildman–Crippen MR) is 112 cm³/mol. The van der Waals surface area contributed by atoms with Crippen molar-refractivity contribution in [3.05, 3.63) is 62.9 Å². The van der Waals surface area contributed by atoms with Gasteiger partial charge in [0.2, 0.25) is 5.91 Å². The number of ether oxygens (including phenoxy) is 1. The summed E-state index contributed by atoms with van der Waals surface area (Å²) < 4.78 is 5.50. The second-order valence-electron chi connectivity index (χ2n) is 6.85. The van der Waals surface area contributed by atoms with Gasteiger partial charge in [-0.15, -0.1) is 0 Å². The summed E-state index contributed by atoms with van der Waals surface area (Å²) in [6, 6.07) is 11.1. The van der Waals surface area contributed by atoms with Gasteiger partial charge in [0.25, 0.3) is 5.56 Å².